The Morgan fingerprint density at radius 2 is 2.17 bits per heavy atom. The molecule has 0 bridgehead atoms. The maximum atomic E-state index is 3.78. The SMILES string of the molecule is CCN1CC(CSC)C[C@@H]2c3cc(Br)c(Br)c4[nH]c(C)c(c34)C[C@H]21. The molecular formula is C19H24Br2N2S. The molecule has 24 heavy (non-hydrogen) atoms. The Kier molecular flexibility index (Phi) is 4.83. The van der Waals surface area contributed by atoms with Crippen molar-refractivity contribution in [3.05, 3.63) is 31.8 Å². The summed E-state index contributed by atoms with van der Waals surface area (Å²) in [6, 6.07) is 3.04. The summed E-state index contributed by atoms with van der Waals surface area (Å²) in [6.07, 6.45) is 4.76. The number of fused-ring (bicyclic) bond motifs is 2. The molecule has 1 aliphatic heterocycles. The number of aromatic amines is 1. The number of piperidine rings is 1. The predicted octanol–water partition coefficient (Wildman–Crippen LogP) is 5.71. The van der Waals surface area contributed by atoms with Crippen LogP contribution >= 0.6 is 43.6 Å². The lowest BCUT2D eigenvalue weighted by molar-refractivity contribution is 0.0983. The first-order chi connectivity index (χ1) is 11.5. The Hall–Kier alpha value is 0.0300. The van der Waals surface area contributed by atoms with E-state index in [1.807, 2.05) is 11.8 Å². The molecular weight excluding hydrogens is 448 g/mol. The summed E-state index contributed by atoms with van der Waals surface area (Å²) in [7, 11) is 0. The molecule has 0 saturated carbocycles. The minimum Gasteiger partial charge on any atom is -0.357 e. The highest BCUT2D eigenvalue weighted by molar-refractivity contribution is 9.13. The molecule has 1 aromatic carbocycles. The molecule has 2 aromatic rings. The van der Waals surface area contributed by atoms with E-state index in [9.17, 15) is 0 Å². The molecule has 0 spiro atoms. The Balaban J connectivity index is 1.88. The molecule has 5 heteroatoms. The van der Waals surface area contributed by atoms with E-state index < -0.39 is 0 Å². The molecule has 1 fully saturated rings. The van der Waals surface area contributed by atoms with Crippen molar-refractivity contribution in [3.8, 4) is 0 Å². The second kappa shape index (κ2) is 6.64. The maximum absolute atomic E-state index is 3.78. The van der Waals surface area contributed by atoms with Crippen molar-refractivity contribution in [1.29, 1.82) is 0 Å². The third-order valence-corrected chi connectivity index (χ3v) is 8.74. The fraction of sp³-hybridized carbons (Fsp3) is 0.579. The zero-order valence-corrected chi connectivity index (χ0v) is 18.4. The van der Waals surface area contributed by atoms with Gasteiger partial charge in [0.25, 0.3) is 0 Å². The van der Waals surface area contributed by atoms with Crippen LogP contribution in [0.1, 0.15) is 36.1 Å². The average molecular weight is 472 g/mol. The third kappa shape index (κ3) is 2.62. The number of nitrogens with zero attached hydrogens (tertiary/aromatic N) is 1. The van der Waals surface area contributed by atoms with Crippen molar-refractivity contribution in [2.24, 2.45) is 5.92 Å². The van der Waals surface area contributed by atoms with Crippen LogP contribution in [0.5, 0.6) is 0 Å². The van der Waals surface area contributed by atoms with E-state index in [-0.39, 0.29) is 0 Å². The fourth-order valence-electron chi connectivity index (χ4n) is 4.93. The first kappa shape index (κ1) is 17.4. The molecule has 1 unspecified atom stereocenters. The molecule has 1 aliphatic carbocycles. The molecule has 1 N–H and O–H groups in total. The normalized spacial score (nSPS) is 26.8. The predicted molar refractivity (Wildman–Crippen MR) is 112 cm³/mol. The van der Waals surface area contributed by atoms with Gasteiger partial charge in [-0.05, 0) is 93.3 Å². The van der Waals surface area contributed by atoms with E-state index in [1.54, 1.807) is 5.56 Å². The Morgan fingerprint density at radius 1 is 1.38 bits per heavy atom. The van der Waals surface area contributed by atoms with Gasteiger partial charge in [0.1, 0.15) is 0 Å². The Labute approximate surface area is 165 Å². The zero-order chi connectivity index (χ0) is 17.0. The zero-order valence-electron chi connectivity index (χ0n) is 14.5. The van der Waals surface area contributed by atoms with E-state index in [0.29, 0.717) is 12.0 Å². The van der Waals surface area contributed by atoms with Crippen LogP contribution in [0.3, 0.4) is 0 Å². The number of halogens is 2. The summed E-state index contributed by atoms with van der Waals surface area (Å²) in [5.74, 6) is 2.74. The molecule has 130 valence electrons. The van der Waals surface area contributed by atoms with Gasteiger partial charge in [0.2, 0.25) is 0 Å². The average Bonchev–Trinajstić information content (AvgIpc) is 2.90. The number of aryl methyl sites for hydroxylation is 1. The van der Waals surface area contributed by atoms with E-state index in [2.05, 4.69) is 67.9 Å². The first-order valence-corrected chi connectivity index (χ1v) is 11.7. The minimum atomic E-state index is 0.658. The number of H-pyrrole nitrogens is 1. The van der Waals surface area contributed by atoms with Gasteiger partial charge in [-0.3, -0.25) is 4.90 Å². The van der Waals surface area contributed by atoms with Gasteiger partial charge < -0.3 is 4.98 Å². The fourth-order valence-corrected chi connectivity index (χ4v) is 6.50. The van der Waals surface area contributed by atoms with E-state index in [0.717, 1.165) is 16.9 Å². The van der Waals surface area contributed by atoms with Crippen molar-refractivity contribution in [1.82, 2.24) is 9.88 Å². The van der Waals surface area contributed by atoms with Crippen LogP contribution in [0.25, 0.3) is 10.9 Å². The van der Waals surface area contributed by atoms with Gasteiger partial charge in [0.15, 0.2) is 0 Å². The quantitative estimate of drug-likeness (QED) is 0.617. The highest BCUT2D eigenvalue weighted by atomic mass is 79.9. The van der Waals surface area contributed by atoms with Crippen LogP contribution in [-0.2, 0) is 6.42 Å². The standard InChI is InChI=1S/C19H24Br2N2S/c1-4-23-8-11(9-24-3)5-13-14-6-15(20)18(21)19-17(14)12(7-16(13)23)10(2)22-19/h6,11,13,16,22H,4-5,7-9H2,1-3H3/t11?,13-,16-/m1/s1. The number of hydrogen-bond acceptors (Lipinski definition) is 2. The van der Waals surface area contributed by atoms with Crippen LogP contribution in [0.4, 0.5) is 0 Å². The number of likely N-dealkylation sites (tertiary alicyclic amines) is 1. The number of thioether (sulfide) groups is 1. The maximum Gasteiger partial charge on any atom is 0.0617 e. The smallest absolute Gasteiger partial charge is 0.0617 e. The van der Waals surface area contributed by atoms with Crippen molar-refractivity contribution < 1.29 is 0 Å². The van der Waals surface area contributed by atoms with Crippen molar-refractivity contribution in [2.75, 3.05) is 25.1 Å². The second-order valence-corrected chi connectivity index (χ2v) is 9.82. The van der Waals surface area contributed by atoms with Crippen LogP contribution in [0.15, 0.2) is 15.0 Å². The Bertz CT molecular complexity index is 786. The molecule has 0 radical (unpaired) electrons. The highest BCUT2D eigenvalue weighted by Gasteiger charge is 2.41. The molecule has 1 aromatic heterocycles. The summed E-state index contributed by atoms with van der Waals surface area (Å²) >= 11 is 9.55. The van der Waals surface area contributed by atoms with Crippen LogP contribution in [0.2, 0.25) is 0 Å². The van der Waals surface area contributed by atoms with E-state index in [1.165, 1.54) is 51.8 Å². The van der Waals surface area contributed by atoms with Crippen LogP contribution in [0, 0.1) is 12.8 Å². The van der Waals surface area contributed by atoms with Gasteiger partial charge in [0.05, 0.1) is 9.99 Å². The number of rotatable bonds is 3. The number of hydrogen-bond donors (Lipinski definition) is 1. The topological polar surface area (TPSA) is 19.0 Å². The second-order valence-electron chi connectivity index (χ2n) is 7.26. The lowest BCUT2D eigenvalue weighted by atomic mass is 9.72. The molecule has 2 heterocycles. The molecule has 1 saturated heterocycles. The number of aromatic nitrogens is 1. The van der Waals surface area contributed by atoms with Crippen LogP contribution in [-0.4, -0.2) is 41.0 Å². The van der Waals surface area contributed by atoms with Crippen molar-refractivity contribution in [3.63, 3.8) is 0 Å². The number of likely N-dealkylation sites (N-methyl/N-ethyl adjacent to an activating group) is 1. The summed E-state index contributed by atoms with van der Waals surface area (Å²) in [5.41, 5.74) is 5.71. The third-order valence-electron chi connectivity index (χ3n) is 5.95. The van der Waals surface area contributed by atoms with Crippen molar-refractivity contribution >= 4 is 54.5 Å². The summed E-state index contributed by atoms with van der Waals surface area (Å²) in [4.78, 5) is 6.39. The van der Waals surface area contributed by atoms with Gasteiger partial charge >= 0.3 is 0 Å². The van der Waals surface area contributed by atoms with E-state index in [4.69, 9.17) is 0 Å². The lowest BCUT2D eigenvalue weighted by Crippen LogP contribution is -2.50. The Morgan fingerprint density at radius 3 is 2.88 bits per heavy atom. The first-order valence-electron chi connectivity index (χ1n) is 8.77. The minimum absolute atomic E-state index is 0.658. The molecule has 4 rings (SSSR count). The van der Waals surface area contributed by atoms with Gasteiger partial charge in [-0.15, -0.1) is 0 Å². The number of benzene rings is 1. The van der Waals surface area contributed by atoms with Gasteiger partial charge in [0, 0.05) is 34.1 Å². The van der Waals surface area contributed by atoms with Gasteiger partial charge in [-0.2, -0.15) is 11.8 Å². The number of nitrogens with one attached hydrogen (secondary N) is 1. The largest absolute Gasteiger partial charge is 0.357 e. The van der Waals surface area contributed by atoms with Gasteiger partial charge in [-0.1, -0.05) is 6.92 Å². The molecule has 2 aliphatic rings. The highest BCUT2D eigenvalue weighted by Crippen LogP contribution is 2.49. The molecule has 2 nitrogen and oxygen atoms in total. The summed E-state index contributed by atoms with van der Waals surface area (Å²) < 4.78 is 2.34. The monoisotopic (exact) mass is 470 g/mol. The van der Waals surface area contributed by atoms with Crippen molar-refractivity contribution in [2.45, 2.75) is 38.6 Å². The van der Waals surface area contributed by atoms with Gasteiger partial charge in [-0.25, -0.2) is 0 Å². The lowest BCUT2D eigenvalue weighted by Gasteiger charge is -2.47. The van der Waals surface area contributed by atoms with E-state index >= 15 is 0 Å². The summed E-state index contributed by atoms with van der Waals surface area (Å²) in [6.45, 7) is 6.98. The van der Waals surface area contributed by atoms with Crippen LogP contribution < -0.4 is 0 Å². The molecule has 3 atom stereocenters. The summed E-state index contributed by atoms with van der Waals surface area (Å²) in [5, 5.41) is 1.49. The molecule has 0 amide bonds.